The van der Waals surface area contributed by atoms with E-state index in [4.69, 9.17) is 13.8 Å². The minimum Gasteiger partial charge on any atom is -0.456 e. The standard InChI is InChI=1S/C57H109N2O7P/c1-7-10-13-16-19-22-25-28-30-32-35-38-41-44-47-50-57(61)66-55(48-45-42-39-36-33-27-24-21-18-15-12-9-3)54(53-65-67(62,63)64-52-51-59(4,5)6)58-56(60)49-46-43-40-37-34-31-29-26-23-20-17-14-11-8-2/h11,14,20,23,45,48,54-55H,7-10,12-13,15-19,21-22,24-44,46-47,49-53H2,1-6H3,(H-,58,60,62,63)/p+1/b14-11+,23-20+,48-45+. The lowest BCUT2D eigenvalue weighted by molar-refractivity contribution is -0.870. The molecule has 10 heteroatoms. The van der Waals surface area contributed by atoms with Gasteiger partial charge in [-0.1, -0.05) is 231 Å². The average molecular weight is 966 g/mol. The molecule has 0 rings (SSSR count). The van der Waals surface area contributed by atoms with Crippen molar-refractivity contribution < 1.29 is 37.3 Å². The zero-order chi connectivity index (χ0) is 49.4. The molecule has 0 spiro atoms. The third-order valence-electron chi connectivity index (χ3n) is 12.6. The molecule has 0 saturated heterocycles. The number of amides is 1. The first-order valence-electron chi connectivity index (χ1n) is 28.3. The van der Waals surface area contributed by atoms with Crippen molar-refractivity contribution in [3.8, 4) is 0 Å². The number of nitrogens with one attached hydrogen (secondary N) is 1. The molecule has 0 aliphatic carbocycles. The van der Waals surface area contributed by atoms with Gasteiger partial charge in [0.15, 0.2) is 0 Å². The van der Waals surface area contributed by atoms with Crippen LogP contribution in [0.4, 0.5) is 0 Å². The summed E-state index contributed by atoms with van der Waals surface area (Å²) >= 11 is 0. The lowest BCUT2D eigenvalue weighted by atomic mass is 10.0. The number of esters is 1. The normalized spacial score (nSPS) is 14.1. The number of unbranched alkanes of at least 4 members (excludes halogenated alkanes) is 31. The summed E-state index contributed by atoms with van der Waals surface area (Å²) < 4.78 is 30.6. The van der Waals surface area contributed by atoms with E-state index in [-0.39, 0.29) is 25.1 Å². The Bertz CT molecular complexity index is 1250. The molecule has 3 atom stereocenters. The van der Waals surface area contributed by atoms with Crippen molar-refractivity contribution in [3.05, 3.63) is 36.5 Å². The van der Waals surface area contributed by atoms with Crippen molar-refractivity contribution in [3.63, 3.8) is 0 Å². The summed E-state index contributed by atoms with van der Waals surface area (Å²) in [5.74, 6) is -0.506. The fourth-order valence-electron chi connectivity index (χ4n) is 8.21. The fraction of sp³-hybridized carbons (Fsp3) is 0.860. The highest BCUT2D eigenvalue weighted by Crippen LogP contribution is 2.43. The predicted molar refractivity (Wildman–Crippen MR) is 286 cm³/mol. The number of nitrogens with zero attached hydrogens (tertiary/aromatic N) is 1. The Labute approximate surface area is 415 Å². The van der Waals surface area contributed by atoms with Crippen molar-refractivity contribution in [1.29, 1.82) is 0 Å². The molecule has 3 unspecified atom stereocenters. The van der Waals surface area contributed by atoms with Crippen LogP contribution < -0.4 is 5.32 Å². The average Bonchev–Trinajstić information content (AvgIpc) is 3.28. The van der Waals surface area contributed by atoms with Crippen LogP contribution in [0.1, 0.15) is 265 Å². The molecule has 0 aromatic carbocycles. The van der Waals surface area contributed by atoms with Gasteiger partial charge < -0.3 is 19.4 Å². The molecule has 0 fully saturated rings. The number of phosphoric acid groups is 1. The van der Waals surface area contributed by atoms with E-state index in [1.807, 2.05) is 33.3 Å². The number of hydrogen-bond acceptors (Lipinski definition) is 6. The van der Waals surface area contributed by atoms with Gasteiger partial charge in [0, 0.05) is 12.8 Å². The number of allylic oxidation sites excluding steroid dienone is 5. The molecular weight excluding hydrogens is 856 g/mol. The molecule has 2 N–H and O–H groups in total. The van der Waals surface area contributed by atoms with Crippen LogP contribution in [0.2, 0.25) is 0 Å². The Morgan fingerprint density at radius 3 is 1.42 bits per heavy atom. The molecule has 67 heavy (non-hydrogen) atoms. The Morgan fingerprint density at radius 2 is 0.955 bits per heavy atom. The zero-order valence-corrected chi connectivity index (χ0v) is 45.8. The van der Waals surface area contributed by atoms with Crippen LogP contribution >= 0.6 is 7.82 Å². The number of carbonyl (C=O) groups is 2. The van der Waals surface area contributed by atoms with Gasteiger partial charge in [0.2, 0.25) is 5.91 Å². The maximum Gasteiger partial charge on any atom is 0.472 e. The largest absolute Gasteiger partial charge is 0.472 e. The molecule has 0 heterocycles. The Balaban J connectivity index is 5.35. The maximum atomic E-state index is 13.5. The quantitative estimate of drug-likeness (QED) is 0.0205. The lowest BCUT2D eigenvalue weighted by Crippen LogP contribution is -2.47. The maximum absolute atomic E-state index is 13.5. The van der Waals surface area contributed by atoms with Gasteiger partial charge in [0.1, 0.15) is 19.3 Å². The van der Waals surface area contributed by atoms with Crippen molar-refractivity contribution in [2.24, 2.45) is 0 Å². The highest BCUT2D eigenvalue weighted by atomic mass is 31.2. The second-order valence-corrected chi connectivity index (χ2v) is 21.9. The number of carbonyl (C=O) groups excluding carboxylic acids is 2. The number of hydrogen-bond donors (Lipinski definition) is 2. The van der Waals surface area contributed by atoms with Gasteiger partial charge in [-0.15, -0.1) is 0 Å². The molecule has 9 nitrogen and oxygen atoms in total. The van der Waals surface area contributed by atoms with Gasteiger partial charge in [0.25, 0.3) is 0 Å². The van der Waals surface area contributed by atoms with Gasteiger partial charge in [-0.25, -0.2) is 4.57 Å². The summed E-state index contributed by atoms with van der Waals surface area (Å²) in [7, 11) is 1.50. The third-order valence-corrected chi connectivity index (χ3v) is 13.6. The third kappa shape index (κ3) is 49.0. The molecule has 0 aromatic heterocycles. The first kappa shape index (κ1) is 65.2. The van der Waals surface area contributed by atoms with Crippen LogP contribution in [0.3, 0.4) is 0 Å². The van der Waals surface area contributed by atoms with Crippen LogP contribution in [0, 0.1) is 0 Å². The Morgan fingerprint density at radius 1 is 0.537 bits per heavy atom. The van der Waals surface area contributed by atoms with Crippen LogP contribution in [0.25, 0.3) is 0 Å². The highest BCUT2D eigenvalue weighted by Gasteiger charge is 2.30. The van der Waals surface area contributed by atoms with Crippen molar-refractivity contribution >= 4 is 19.7 Å². The van der Waals surface area contributed by atoms with Crippen molar-refractivity contribution in [2.75, 3.05) is 40.9 Å². The number of ether oxygens (including phenoxy) is 1. The molecule has 0 aliphatic heterocycles. The van der Waals surface area contributed by atoms with E-state index in [9.17, 15) is 19.0 Å². The van der Waals surface area contributed by atoms with E-state index in [0.717, 1.165) is 83.5 Å². The molecule has 1 amide bonds. The smallest absolute Gasteiger partial charge is 0.456 e. The van der Waals surface area contributed by atoms with Gasteiger partial charge >= 0.3 is 13.8 Å². The second-order valence-electron chi connectivity index (χ2n) is 20.4. The van der Waals surface area contributed by atoms with E-state index < -0.39 is 20.0 Å². The summed E-state index contributed by atoms with van der Waals surface area (Å²) in [5.41, 5.74) is 0. The van der Waals surface area contributed by atoms with Gasteiger partial charge in [0.05, 0.1) is 33.8 Å². The van der Waals surface area contributed by atoms with Crippen molar-refractivity contribution in [2.45, 2.75) is 277 Å². The topological polar surface area (TPSA) is 111 Å². The molecule has 0 saturated carbocycles. The molecule has 0 aliphatic rings. The van der Waals surface area contributed by atoms with Crippen molar-refractivity contribution in [1.82, 2.24) is 5.32 Å². The highest BCUT2D eigenvalue weighted by molar-refractivity contribution is 7.47. The number of rotatable bonds is 51. The summed E-state index contributed by atoms with van der Waals surface area (Å²) in [4.78, 5) is 37.5. The number of phosphoric ester groups is 1. The first-order valence-corrected chi connectivity index (χ1v) is 29.8. The monoisotopic (exact) mass is 966 g/mol. The minimum atomic E-state index is -4.44. The van der Waals surface area contributed by atoms with Crippen LogP contribution in [0.15, 0.2) is 36.5 Å². The summed E-state index contributed by atoms with van der Waals surface area (Å²) in [6.45, 7) is 6.91. The summed E-state index contributed by atoms with van der Waals surface area (Å²) in [6.07, 6.45) is 55.6. The molecule has 0 radical (unpaired) electrons. The molecule has 0 bridgehead atoms. The number of quaternary nitrogens is 1. The molecule has 394 valence electrons. The number of likely N-dealkylation sites (N-methyl/N-ethyl adjacent to an activating group) is 1. The van der Waals surface area contributed by atoms with Crippen LogP contribution in [-0.4, -0.2) is 74.3 Å². The van der Waals surface area contributed by atoms with Gasteiger partial charge in [-0.05, 0) is 57.4 Å². The molecular formula is C57H110N2O7P+. The van der Waals surface area contributed by atoms with E-state index in [1.54, 1.807) is 0 Å². The predicted octanol–water partition coefficient (Wildman–Crippen LogP) is 16.8. The summed E-state index contributed by atoms with van der Waals surface area (Å²) in [5, 5.41) is 3.04. The fourth-order valence-corrected chi connectivity index (χ4v) is 8.95. The van der Waals surface area contributed by atoms with E-state index in [1.165, 1.54) is 148 Å². The molecule has 0 aromatic rings. The minimum absolute atomic E-state index is 0.0404. The van der Waals surface area contributed by atoms with Crippen LogP contribution in [-0.2, 0) is 27.9 Å². The van der Waals surface area contributed by atoms with Gasteiger partial charge in [-0.2, -0.15) is 0 Å². The second kappa shape index (κ2) is 47.9. The first-order chi connectivity index (χ1) is 32.4. The Kier molecular flexibility index (Phi) is 46.6. The van der Waals surface area contributed by atoms with E-state index in [0.29, 0.717) is 23.9 Å². The SMILES string of the molecule is CC/C=C/C/C=C/CCCCCCCCCC(=O)NC(COP(=O)(O)OCC[N+](C)(C)C)C(/C=C/CCCCCCCCCCCC)OC(=O)CCCCCCCCCCCCCCCCC. The zero-order valence-electron chi connectivity index (χ0n) is 44.9. The van der Waals surface area contributed by atoms with Crippen LogP contribution in [0.5, 0.6) is 0 Å². The lowest BCUT2D eigenvalue weighted by Gasteiger charge is -2.27. The Hall–Kier alpha value is -1.77. The summed E-state index contributed by atoms with van der Waals surface area (Å²) in [6, 6.07) is -0.847. The van der Waals surface area contributed by atoms with Gasteiger partial charge in [-0.3, -0.25) is 18.6 Å². The van der Waals surface area contributed by atoms with E-state index >= 15 is 0 Å². The van der Waals surface area contributed by atoms with E-state index in [2.05, 4.69) is 50.4 Å².